The van der Waals surface area contributed by atoms with Crippen LogP contribution in [0.2, 0.25) is 0 Å². The smallest absolute Gasteiger partial charge is 0.00287 e. The Morgan fingerprint density at radius 2 is 2.15 bits per heavy atom. The van der Waals surface area contributed by atoms with E-state index in [9.17, 15) is 0 Å². The van der Waals surface area contributed by atoms with E-state index in [1.54, 1.807) is 0 Å². The Labute approximate surface area is 80.0 Å². The summed E-state index contributed by atoms with van der Waals surface area (Å²) in [5.41, 5.74) is 8.97. The zero-order chi connectivity index (χ0) is 9.47. The third kappa shape index (κ3) is 1.28. The second-order valence-corrected chi connectivity index (χ2v) is 4.37. The molecule has 0 saturated heterocycles. The van der Waals surface area contributed by atoms with Crippen molar-refractivity contribution < 1.29 is 0 Å². The van der Waals surface area contributed by atoms with Gasteiger partial charge in [0.2, 0.25) is 0 Å². The summed E-state index contributed by atoms with van der Waals surface area (Å²) in [6, 6.07) is 8.65. The first-order valence-electron chi connectivity index (χ1n) is 4.94. The van der Waals surface area contributed by atoms with Crippen molar-refractivity contribution in [3.63, 3.8) is 0 Å². The van der Waals surface area contributed by atoms with E-state index in [-0.39, 0.29) is 0 Å². The van der Waals surface area contributed by atoms with Crippen LogP contribution in [0, 0.1) is 12.8 Å². The number of hydrogen-bond donors (Lipinski definition) is 1. The predicted octanol–water partition coefficient (Wildman–Crippen LogP) is 2.23. The van der Waals surface area contributed by atoms with Gasteiger partial charge in [-0.25, -0.2) is 0 Å². The van der Waals surface area contributed by atoms with Crippen molar-refractivity contribution >= 4 is 0 Å². The topological polar surface area (TPSA) is 26.0 Å². The lowest BCUT2D eigenvalue weighted by Gasteiger charge is -2.13. The molecule has 1 aliphatic rings. The molecule has 2 atom stereocenters. The summed E-state index contributed by atoms with van der Waals surface area (Å²) < 4.78 is 0. The highest BCUT2D eigenvalue weighted by atomic mass is 14.7. The van der Waals surface area contributed by atoms with Crippen LogP contribution in [0.5, 0.6) is 0 Å². The van der Waals surface area contributed by atoms with Gasteiger partial charge in [-0.1, -0.05) is 31.2 Å². The number of benzene rings is 1. The van der Waals surface area contributed by atoms with Gasteiger partial charge in [0.25, 0.3) is 0 Å². The van der Waals surface area contributed by atoms with Crippen LogP contribution in [0.25, 0.3) is 0 Å². The van der Waals surface area contributed by atoms with E-state index >= 15 is 0 Å². The Morgan fingerprint density at radius 3 is 2.69 bits per heavy atom. The normalized spacial score (nSPS) is 31.8. The highest BCUT2D eigenvalue weighted by Gasteiger charge is 2.50. The van der Waals surface area contributed by atoms with E-state index in [1.165, 1.54) is 17.5 Å². The average Bonchev–Trinajstić information content (AvgIpc) is 2.79. The van der Waals surface area contributed by atoms with Crippen LogP contribution in [0.15, 0.2) is 24.3 Å². The van der Waals surface area contributed by atoms with Crippen LogP contribution in [0.3, 0.4) is 0 Å². The number of nitrogens with two attached hydrogens (primary N) is 1. The number of rotatable bonds is 2. The molecule has 0 radical (unpaired) electrons. The first-order valence-corrected chi connectivity index (χ1v) is 4.94. The van der Waals surface area contributed by atoms with Gasteiger partial charge in [-0.2, -0.15) is 0 Å². The van der Waals surface area contributed by atoms with Crippen LogP contribution in [-0.2, 0) is 5.41 Å². The van der Waals surface area contributed by atoms with Crippen molar-refractivity contribution in [3.05, 3.63) is 35.4 Å². The first-order chi connectivity index (χ1) is 6.18. The van der Waals surface area contributed by atoms with Gasteiger partial charge >= 0.3 is 0 Å². The Hall–Kier alpha value is -0.820. The van der Waals surface area contributed by atoms with Crippen LogP contribution in [0.1, 0.15) is 24.5 Å². The molecule has 1 aromatic rings. The summed E-state index contributed by atoms with van der Waals surface area (Å²) in [5.74, 6) is 0.702. The standard InChI is InChI=1S/C12H17N/c1-9-5-3-4-6-11(9)12(2)7-10(12)8-13/h3-6,10H,7-8,13H2,1-2H3/t10-,12+/m1/s1. The zero-order valence-corrected chi connectivity index (χ0v) is 8.38. The molecule has 1 fully saturated rings. The Balaban J connectivity index is 2.32. The molecule has 2 N–H and O–H groups in total. The highest BCUT2D eigenvalue weighted by molar-refractivity contribution is 5.38. The van der Waals surface area contributed by atoms with Crippen molar-refractivity contribution in [1.29, 1.82) is 0 Å². The SMILES string of the molecule is Cc1ccccc1[C@@]1(C)C[C@@H]1CN. The number of hydrogen-bond acceptors (Lipinski definition) is 1. The maximum atomic E-state index is 5.70. The Bertz CT molecular complexity index is 319. The molecule has 1 saturated carbocycles. The zero-order valence-electron chi connectivity index (χ0n) is 8.38. The summed E-state index contributed by atoms with van der Waals surface area (Å²) in [4.78, 5) is 0. The predicted molar refractivity (Wildman–Crippen MR) is 55.7 cm³/mol. The molecule has 0 unspecified atom stereocenters. The minimum Gasteiger partial charge on any atom is -0.330 e. The van der Waals surface area contributed by atoms with Crippen molar-refractivity contribution in [2.24, 2.45) is 11.7 Å². The Kier molecular flexibility index (Phi) is 1.92. The average molecular weight is 175 g/mol. The van der Waals surface area contributed by atoms with E-state index in [4.69, 9.17) is 5.73 Å². The molecule has 0 amide bonds. The van der Waals surface area contributed by atoms with Crippen molar-refractivity contribution in [2.75, 3.05) is 6.54 Å². The van der Waals surface area contributed by atoms with Crippen LogP contribution in [-0.4, -0.2) is 6.54 Å². The van der Waals surface area contributed by atoms with E-state index in [0.29, 0.717) is 11.3 Å². The third-order valence-corrected chi connectivity index (χ3v) is 3.46. The molecule has 0 heterocycles. The number of aryl methyl sites for hydroxylation is 1. The summed E-state index contributed by atoms with van der Waals surface area (Å²) in [5, 5.41) is 0. The summed E-state index contributed by atoms with van der Waals surface area (Å²) >= 11 is 0. The maximum Gasteiger partial charge on any atom is -0.00287 e. The second-order valence-electron chi connectivity index (χ2n) is 4.37. The molecule has 0 spiro atoms. The molecular weight excluding hydrogens is 158 g/mol. The van der Waals surface area contributed by atoms with E-state index in [1.807, 2.05) is 0 Å². The Morgan fingerprint density at radius 1 is 1.46 bits per heavy atom. The fraction of sp³-hybridized carbons (Fsp3) is 0.500. The van der Waals surface area contributed by atoms with E-state index in [2.05, 4.69) is 38.1 Å². The maximum absolute atomic E-state index is 5.70. The highest BCUT2D eigenvalue weighted by Crippen LogP contribution is 2.53. The van der Waals surface area contributed by atoms with Crippen molar-refractivity contribution in [2.45, 2.75) is 25.7 Å². The molecule has 2 rings (SSSR count). The molecule has 1 aromatic carbocycles. The van der Waals surface area contributed by atoms with Crippen LogP contribution >= 0.6 is 0 Å². The van der Waals surface area contributed by atoms with Gasteiger partial charge in [0.05, 0.1) is 0 Å². The summed E-state index contributed by atoms with van der Waals surface area (Å²) in [6.07, 6.45) is 1.26. The molecule has 0 aliphatic heterocycles. The van der Waals surface area contributed by atoms with Gasteiger partial charge < -0.3 is 5.73 Å². The molecule has 70 valence electrons. The van der Waals surface area contributed by atoms with Gasteiger partial charge in [-0.15, -0.1) is 0 Å². The minimum absolute atomic E-state index is 0.375. The third-order valence-electron chi connectivity index (χ3n) is 3.46. The molecule has 0 aromatic heterocycles. The van der Waals surface area contributed by atoms with Crippen LogP contribution < -0.4 is 5.73 Å². The molecule has 13 heavy (non-hydrogen) atoms. The molecule has 1 aliphatic carbocycles. The largest absolute Gasteiger partial charge is 0.330 e. The van der Waals surface area contributed by atoms with Gasteiger partial charge in [-0.3, -0.25) is 0 Å². The van der Waals surface area contributed by atoms with E-state index in [0.717, 1.165) is 6.54 Å². The quantitative estimate of drug-likeness (QED) is 0.733. The molecular formula is C12H17N. The summed E-state index contributed by atoms with van der Waals surface area (Å²) in [6.45, 7) is 5.34. The minimum atomic E-state index is 0.375. The lowest BCUT2D eigenvalue weighted by molar-refractivity contribution is 0.662. The van der Waals surface area contributed by atoms with Gasteiger partial charge in [0.15, 0.2) is 0 Å². The van der Waals surface area contributed by atoms with Gasteiger partial charge in [-0.05, 0) is 42.3 Å². The summed E-state index contributed by atoms with van der Waals surface area (Å²) in [7, 11) is 0. The monoisotopic (exact) mass is 175 g/mol. The lowest BCUT2D eigenvalue weighted by Crippen LogP contribution is -2.12. The van der Waals surface area contributed by atoms with E-state index < -0.39 is 0 Å². The fourth-order valence-electron chi connectivity index (χ4n) is 2.34. The first kappa shape index (κ1) is 8.76. The lowest BCUT2D eigenvalue weighted by atomic mass is 9.91. The fourth-order valence-corrected chi connectivity index (χ4v) is 2.34. The molecule has 1 nitrogen and oxygen atoms in total. The van der Waals surface area contributed by atoms with Gasteiger partial charge in [0.1, 0.15) is 0 Å². The molecule has 1 heteroatoms. The van der Waals surface area contributed by atoms with Gasteiger partial charge in [0, 0.05) is 0 Å². The van der Waals surface area contributed by atoms with Crippen molar-refractivity contribution in [3.8, 4) is 0 Å². The van der Waals surface area contributed by atoms with Crippen LogP contribution in [0.4, 0.5) is 0 Å². The second kappa shape index (κ2) is 2.85. The van der Waals surface area contributed by atoms with Crippen molar-refractivity contribution in [1.82, 2.24) is 0 Å². The molecule has 0 bridgehead atoms.